The van der Waals surface area contributed by atoms with Crippen molar-refractivity contribution < 1.29 is 19.2 Å². The van der Waals surface area contributed by atoms with E-state index >= 15 is 0 Å². The van der Waals surface area contributed by atoms with E-state index in [0.29, 0.717) is 11.6 Å². The van der Waals surface area contributed by atoms with Crippen molar-refractivity contribution in [3.63, 3.8) is 0 Å². The second-order valence-corrected chi connectivity index (χ2v) is 5.63. The van der Waals surface area contributed by atoms with Gasteiger partial charge in [0, 0.05) is 11.1 Å². The number of anilines is 1. The van der Waals surface area contributed by atoms with E-state index in [1.165, 1.54) is 31.4 Å². The van der Waals surface area contributed by atoms with Gasteiger partial charge in [0.1, 0.15) is 5.56 Å². The minimum atomic E-state index is -0.709. The number of nitro benzene ring substituents is 1. The molecule has 0 bridgehead atoms. The second kappa shape index (κ2) is 8.04. The number of nitro groups is 1. The fraction of sp³-hybridized carbons (Fsp3) is 0.188. The highest BCUT2D eigenvalue weighted by Gasteiger charge is 2.25. The summed E-state index contributed by atoms with van der Waals surface area (Å²) in [4.78, 5) is 23.2. The van der Waals surface area contributed by atoms with Gasteiger partial charge in [-0.2, -0.15) is 0 Å². The highest BCUT2D eigenvalue weighted by molar-refractivity contribution is 6.36. The molecule has 0 aliphatic rings. The summed E-state index contributed by atoms with van der Waals surface area (Å²) in [6.45, 7) is 2.05. The first kappa shape index (κ1) is 18.8. The number of benzene rings is 2. The summed E-state index contributed by atoms with van der Waals surface area (Å²) >= 11 is 11.8. The van der Waals surface area contributed by atoms with E-state index in [-0.39, 0.29) is 27.8 Å². The summed E-state index contributed by atoms with van der Waals surface area (Å²) in [5, 5.41) is 14.4. The van der Waals surface area contributed by atoms with Gasteiger partial charge in [0.05, 0.1) is 35.4 Å². The number of amides is 1. The second-order valence-electron chi connectivity index (χ2n) is 4.79. The molecule has 1 amide bonds. The molecule has 0 saturated carbocycles. The normalized spacial score (nSPS) is 10.2. The number of nitrogens with zero attached hydrogens (tertiary/aromatic N) is 1. The Hall–Kier alpha value is -2.51. The van der Waals surface area contributed by atoms with Gasteiger partial charge in [-0.1, -0.05) is 23.2 Å². The molecule has 25 heavy (non-hydrogen) atoms. The average molecular weight is 385 g/mol. The van der Waals surface area contributed by atoms with E-state index in [1.807, 2.05) is 0 Å². The Kier molecular flexibility index (Phi) is 6.06. The van der Waals surface area contributed by atoms with Gasteiger partial charge >= 0.3 is 0 Å². The number of hydrogen-bond acceptors (Lipinski definition) is 5. The van der Waals surface area contributed by atoms with E-state index in [4.69, 9.17) is 32.7 Å². The van der Waals surface area contributed by atoms with Crippen molar-refractivity contribution in [1.82, 2.24) is 0 Å². The van der Waals surface area contributed by atoms with Crippen molar-refractivity contribution in [1.29, 1.82) is 0 Å². The van der Waals surface area contributed by atoms with Crippen molar-refractivity contribution >= 4 is 40.5 Å². The molecule has 7 nitrogen and oxygen atoms in total. The number of halogens is 2. The molecule has 132 valence electrons. The molecule has 2 aromatic carbocycles. The maximum Gasteiger partial charge on any atom is 0.286 e. The minimum absolute atomic E-state index is 0.162. The fourth-order valence-corrected chi connectivity index (χ4v) is 2.55. The molecule has 0 unspecified atom stereocenters. The summed E-state index contributed by atoms with van der Waals surface area (Å²) in [7, 11) is 1.36. The molecular formula is C16H14Cl2N2O5. The van der Waals surface area contributed by atoms with Gasteiger partial charge in [0.25, 0.3) is 11.6 Å². The van der Waals surface area contributed by atoms with Gasteiger partial charge in [-0.05, 0) is 25.1 Å². The molecule has 1 N–H and O–H groups in total. The predicted molar refractivity (Wildman–Crippen MR) is 95.2 cm³/mol. The molecule has 0 fully saturated rings. The smallest absolute Gasteiger partial charge is 0.286 e. The zero-order valence-corrected chi connectivity index (χ0v) is 14.9. The molecule has 0 aromatic heterocycles. The van der Waals surface area contributed by atoms with E-state index in [9.17, 15) is 14.9 Å². The van der Waals surface area contributed by atoms with Gasteiger partial charge in [-0.15, -0.1) is 0 Å². The van der Waals surface area contributed by atoms with E-state index in [0.717, 1.165) is 6.07 Å². The molecule has 2 aromatic rings. The average Bonchev–Trinajstić information content (AvgIpc) is 2.57. The van der Waals surface area contributed by atoms with Crippen LogP contribution in [-0.2, 0) is 0 Å². The molecular weight excluding hydrogens is 371 g/mol. The first-order chi connectivity index (χ1) is 11.9. The van der Waals surface area contributed by atoms with Crippen molar-refractivity contribution in [3.05, 3.63) is 56.1 Å². The van der Waals surface area contributed by atoms with Gasteiger partial charge in [-0.3, -0.25) is 14.9 Å². The molecule has 9 heteroatoms. The summed E-state index contributed by atoms with van der Waals surface area (Å²) in [6.07, 6.45) is 0. The number of rotatable bonds is 6. The number of carbonyl (C=O) groups excluding carboxylic acids is 1. The number of hydrogen-bond donors (Lipinski definition) is 1. The largest absolute Gasteiger partial charge is 0.493 e. The Labute approximate surface area is 153 Å². The van der Waals surface area contributed by atoms with Crippen LogP contribution in [-0.4, -0.2) is 24.5 Å². The SMILES string of the molecule is CCOc1cc(C(=O)Nc2ccc(Cl)cc2Cl)c([N+](=O)[O-])cc1OC. The summed E-state index contributed by atoms with van der Waals surface area (Å²) in [6, 6.07) is 6.90. The van der Waals surface area contributed by atoms with Crippen LogP contribution in [0.3, 0.4) is 0 Å². The monoisotopic (exact) mass is 384 g/mol. The topological polar surface area (TPSA) is 90.7 Å². The Morgan fingerprint density at radius 3 is 2.52 bits per heavy atom. The van der Waals surface area contributed by atoms with Crippen LogP contribution in [0.15, 0.2) is 30.3 Å². The number of methoxy groups -OCH3 is 1. The van der Waals surface area contributed by atoms with Crippen LogP contribution in [0.4, 0.5) is 11.4 Å². The highest BCUT2D eigenvalue weighted by Crippen LogP contribution is 2.35. The van der Waals surface area contributed by atoms with Crippen LogP contribution < -0.4 is 14.8 Å². The number of carbonyl (C=O) groups is 1. The third-order valence-electron chi connectivity index (χ3n) is 3.20. The molecule has 0 spiro atoms. The van der Waals surface area contributed by atoms with Crippen LogP contribution >= 0.6 is 23.2 Å². The first-order valence-corrected chi connectivity index (χ1v) is 7.88. The Balaban J connectivity index is 2.46. The van der Waals surface area contributed by atoms with E-state index in [1.54, 1.807) is 6.92 Å². The fourth-order valence-electron chi connectivity index (χ4n) is 2.09. The van der Waals surface area contributed by atoms with Crippen LogP contribution in [0.5, 0.6) is 11.5 Å². The van der Waals surface area contributed by atoms with Crippen LogP contribution in [0.2, 0.25) is 10.0 Å². The highest BCUT2D eigenvalue weighted by atomic mass is 35.5. The maximum absolute atomic E-state index is 12.5. The third kappa shape index (κ3) is 4.32. The van der Waals surface area contributed by atoms with Crippen molar-refractivity contribution in [2.45, 2.75) is 6.92 Å². The van der Waals surface area contributed by atoms with E-state index in [2.05, 4.69) is 5.32 Å². The summed E-state index contributed by atoms with van der Waals surface area (Å²) in [5.41, 5.74) is -0.317. The summed E-state index contributed by atoms with van der Waals surface area (Å²) in [5.74, 6) is -0.322. The van der Waals surface area contributed by atoms with Crippen molar-refractivity contribution in [2.75, 3.05) is 19.0 Å². The van der Waals surface area contributed by atoms with Gasteiger partial charge in [0.15, 0.2) is 11.5 Å². The molecule has 0 aliphatic heterocycles. The van der Waals surface area contributed by atoms with E-state index < -0.39 is 16.5 Å². The maximum atomic E-state index is 12.5. The zero-order valence-electron chi connectivity index (χ0n) is 13.3. The molecule has 0 radical (unpaired) electrons. The quantitative estimate of drug-likeness (QED) is 0.582. The third-order valence-corrected chi connectivity index (χ3v) is 3.75. The Morgan fingerprint density at radius 2 is 1.96 bits per heavy atom. The Bertz CT molecular complexity index is 826. The van der Waals surface area contributed by atoms with Crippen LogP contribution in [0.25, 0.3) is 0 Å². The zero-order chi connectivity index (χ0) is 18.6. The van der Waals surface area contributed by atoms with Crippen molar-refractivity contribution in [3.8, 4) is 11.5 Å². The number of ether oxygens (including phenoxy) is 2. The lowest BCUT2D eigenvalue weighted by molar-refractivity contribution is -0.385. The van der Waals surface area contributed by atoms with Crippen LogP contribution in [0, 0.1) is 10.1 Å². The van der Waals surface area contributed by atoms with Crippen LogP contribution in [0.1, 0.15) is 17.3 Å². The van der Waals surface area contributed by atoms with Crippen molar-refractivity contribution in [2.24, 2.45) is 0 Å². The lowest BCUT2D eigenvalue weighted by atomic mass is 10.1. The van der Waals surface area contributed by atoms with Gasteiger partial charge in [-0.25, -0.2) is 0 Å². The lowest BCUT2D eigenvalue weighted by Gasteiger charge is -2.12. The van der Waals surface area contributed by atoms with Gasteiger partial charge in [0.2, 0.25) is 0 Å². The summed E-state index contributed by atoms with van der Waals surface area (Å²) < 4.78 is 10.4. The molecule has 0 atom stereocenters. The lowest BCUT2D eigenvalue weighted by Crippen LogP contribution is -2.15. The number of nitrogens with one attached hydrogen (secondary N) is 1. The predicted octanol–water partition coefficient (Wildman–Crippen LogP) is 4.56. The molecule has 0 heterocycles. The minimum Gasteiger partial charge on any atom is -0.493 e. The van der Waals surface area contributed by atoms with Gasteiger partial charge < -0.3 is 14.8 Å². The molecule has 2 rings (SSSR count). The Morgan fingerprint density at radius 1 is 1.24 bits per heavy atom. The molecule has 0 saturated heterocycles. The molecule has 0 aliphatic carbocycles. The standard InChI is InChI=1S/C16H14Cl2N2O5/c1-3-25-15-7-10(13(20(22)23)8-14(15)24-2)16(21)19-12-5-4-9(17)6-11(12)18/h4-8H,3H2,1-2H3,(H,19,21). The first-order valence-electron chi connectivity index (χ1n) is 7.13.